The Labute approximate surface area is 160 Å². The van der Waals surface area contributed by atoms with E-state index in [1.165, 1.54) is 6.92 Å². The van der Waals surface area contributed by atoms with Crippen molar-refractivity contribution in [2.45, 2.75) is 40.2 Å². The van der Waals surface area contributed by atoms with Gasteiger partial charge >= 0.3 is 12.3 Å². The molecule has 0 aliphatic carbocycles. The number of carbonyl (C=O) groups excluding carboxylic acids is 2. The van der Waals surface area contributed by atoms with Crippen molar-refractivity contribution >= 4 is 17.6 Å². The summed E-state index contributed by atoms with van der Waals surface area (Å²) in [6, 6.07) is 8.08. The molecule has 1 amide bonds. The Morgan fingerprint density at radius 1 is 1.00 bits per heavy atom. The number of ether oxygens (including phenoxy) is 2. The van der Waals surface area contributed by atoms with Gasteiger partial charge in [0, 0.05) is 5.69 Å². The molecule has 0 saturated carbocycles. The summed E-state index contributed by atoms with van der Waals surface area (Å²) in [7, 11) is 0. The van der Waals surface area contributed by atoms with Crippen LogP contribution in [-0.2, 0) is 9.53 Å². The lowest BCUT2D eigenvalue weighted by Gasteiger charge is -2.17. The molecule has 0 radical (unpaired) electrons. The maximum absolute atomic E-state index is 12.3. The summed E-state index contributed by atoms with van der Waals surface area (Å²) in [6.07, 6.45) is -5.92. The smallest absolute Gasteiger partial charge is 0.449 e. The standard InChI is InChI=1S/C20H20F3NO4/c1-11-9-12(2)17(13(3)10-11)24-18(25)14(4)27-19(26)15-5-7-16(8-6-15)28-20(21,22)23/h5-10,14H,1-4H3,(H,24,25)/t14-/m1/s1. The molecular weight excluding hydrogens is 375 g/mol. The third-order valence-corrected chi connectivity index (χ3v) is 3.90. The number of halogens is 3. The number of amides is 1. The fourth-order valence-electron chi connectivity index (χ4n) is 2.68. The predicted octanol–water partition coefficient (Wildman–Crippen LogP) is 4.69. The average molecular weight is 395 g/mol. The predicted molar refractivity (Wildman–Crippen MR) is 97.3 cm³/mol. The van der Waals surface area contributed by atoms with Crippen molar-refractivity contribution in [2.24, 2.45) is 0 Å². The zero-order valence-electron chi connectivity index (χ0n) is 15.8. The number of alkyl halides is 3. The van der Waals surface area contributed by atoms with E-state index in [2.05, 4.69) is 10.1 Å². The van der Waals surface area contributed by atoms with Gasteiger partial charge in [-0.1, -0.05) is 17.7 Å². The number of aryl methyl sites for hydroxylation is 3. The lowest BCUT2D eigenvalue weighted by atomic mass is 10.0. The van der Waals surface area contributed by atoms with Crippen molar-refractivity contribution in [1.82, 2.24) is 0 Å². The van der Waals surface area contributed by atoms with Crippen LogP contribution in [0.4, 0.5) is 18.9 Å². The molecule has 2 rings (SSSR count). The summed E-state index contributed by atoms with van der Waals surface area (Å²) >= 11 is 0. The van der Waals surface area contributed by atoms with Gasteiger partial charge in [0.1, 0.15) is 5.75 Å². The second kappa shape index (κ2) is 8.33. The molecule has 2 aromatic carbocycles. The van der Waals surface area contributed by atoms with Crippen LogP contribution < -0.4 is 10.1 Å². The van der Waals surface area contributed by atoms with E-state index < -0.39 is 30.1 Å². The number of anilines is 1. The van der Waals surface area contributed by atoms with Crippen LogP contribution in [0.15, 0.2) is 36.4 Å². The molecule has 1 atom stereocenters. The van der Waals surface area contributed by atoms with E-state index in [0.29, 0.717) is 5.69 Å². The third-order valence-electron chi connectivity index (χ3n) is 3.90. The SMILES string of the molecule is Cc1cc(C)c(NC(=O)[C@@H](C)OC(=O)c2ccc(OC(F)(F)F)cc2)c(C)c1. The molecule has 0 aliphatic rings. The summed E-state index contributed by atoms with van der Waals surface area (Å²) in [5, 5.41) is 2.74. The average Bonchev–Trinajstić information content (AvgIpc) is 2.56. The summed E-state index contributed by atoms with van der Waals surface area (Å²) in [4.78, 5) is 24.5. The van der Waals surface area contributed by atoms with Gasteiger partial charge in [-0.05, 0) is 63.1 Å². The number of hydrogen-bond acceptors (Lipinski definition) is 4. The molecule has 0 aliphatic heterocycles. The highest BCUT2D eigenvalue weighted by atomic mass is 19.4. The van der Waals surface area contributed by atoms with Gasteiger partial charge in [0.25, 0.3) is 5.91 Å². The molecule has 0 saturated heterocycles. The van der Waals surface area contributed by atoms with Gasteiger partial charge in [-0.25, -0.2) is 4.79 Å². The van der Waals surface area contributed by atoms with Crippen LogP contribution >= 0.6 is 0 Å². The first kappa shape index (κ1) is 21.3. The minimum atomic E-state index is -4.82. The summed E-state index contributed by atoms with van der Waals surface area (Å²) in [5.41, 5.74) is 3.46. The molecule has 8 heteroatoms. The second-order valence-corrected chi connectivity index (χ2v) is 6.38. The highest BCUT2D eigenvalue weighted by Gasteiger charge is 2.31. The summed E-state index contributed by atoms with van der Waals surface area (Å²) in [5.74, 6) is -1.81. The number of esters is 1. The molecule has 0 aromatic heterocycles. The van der Waals surface area contributed by atoms with Crippen molar-refractivity contribution in [3.8, 4) is 5.75 Å². The fourth-order valence-corrected chi connectivity index (χ4v) is 2.68. The van der Waals surface area contributed by atoms with E-state index in [0.717, 1.165) is 41.0 Å². The molecule has 0 heterocycles. The van der Waals surface area contributed by atoms with Gasteiger partial charge in [-0.15, -0.1) is 13.2 Å². The highest BCUT2D eigenvalue weighted by Crippen LogP contribution is 2.24. The maximum Gasteiger partial charge on any atom is 0.573 e. The van der Waals surface area contributed by atoms with E-state index in [4.69, 9.17) is 4.74 Å². The van der Waals surface area contributed by atoms with Gasteiger partial charge in [0.05, 0.1) is 5.56 Å². The molecule has 2 aromatic rings. The molecule has 150 valence electrons. The van der Waals surface area contributed by atoms with Gasteiger partial charge in [0.15, 0.2) is 6.10 Å². The molecule has 0 fully saturated rings. The summed E-state index contributed by atoms with van der Waals surface area (Å²) in [6.45, 7) is 7.07. The van der Waals surface area contributed by atoms with Gasteiger partial charge in [-0.2, -0.15) is 0 Å². The Morgan fingerprint density at radius 3 is 2.04 bits per heavy atom. The first-order valence-corrected chi connectivity index (χ1v) is 8.42. The van der Waals surface area contributed by atoms with Crippen LogP contribution in [0.1, 0.15) is 34.0 Å². The molecular formula is C20H20F3NO4. The number of hydrogen-bond donors (Lipinski definition) is 1. The van der Waals surface area contributed by atoms with E-state index in [1.807, 2.05) is 32.9 Å². The lowest BCUT2D eigenvalue weighted by Crippen LogP contribution is -2.30. The normalized spacial score (nSPS) is 12.2. The van der Waals surface area contributed by atoms with E-state index in [1.54, 1.807) is 0 Å². The van der Waals surface area contributed by atoms with E-state index >= 15 is 0 Å². The first-order valence-electron chi connectivity index (χ1n) is 8.42. The molecule has 0 bridgehead atoms. The van der Waals surface area contributed by atoms with Crippen LogP contribution in [0.5, 0.6) is 5.75 Å². The quantitative estimate of drug-likeness (QED) is 0.746. The Bertz CT molecular complexity index is 853. The minimum absolute atomic E-state index is 0.00290. The largest absolute Gasteiger partial charge is 0.573 e. The molecule has 28 heavy (non-hydrogen) atoms. The topological polar surface area (TPSA) is 64.6 Å². The zero-order valence-corrected chi connectivity index (χ0v) is 15.8. The summed E-state index contributed by atoms with van der Waals surface area (Å²) < 4.78 is 45.3. The van der Waals surface area contributed by atoms with Crippen LogP contribution in [0.3, 0.4) is 0 Å². The van der Waals surface area contributed by atoms with Crippen molar-refractivity contribution in [1.29, 1.82) is 0 Å². The highest BCUT2D eigenvalue weighted by molar-refractivity contribution is 5.98. The molecule has 1 N–H and O–H groups in total. The lowest BCUT2D eigenvalue weighted by molar-refractivity contribution is -0.274. The Hall–Kier alpha value is -3.03. The molecule has 5 nitrogen and oxygen atoms in total. The Kier molecular flexibility index (Phi) is 6.33. The second-order valence-electron chi connectivity index (χ2n) is 6.38. The Balaban J connectivity index is 2.01. The van der Waals surface area contributed by atoms with Gasteiger partial charge < -0.3 is 14.8 Å². The van der Waals surface area contributed by atoms with Crippen LogP contribution in [0, 0.1) is 20.8 Å². The third kappa shape index (κ3) is 5.73. The van der Waals surface area contributed by atoms with Crippen LogP contribution in [-0.4, -0.2) is 24.3 Å². The van der Waals surface area contributed by atoms with E-state index in [-0.39, 0.29) is 5.56 Å². The van der Waals surface area contributed by atoms with Crippen LogP contribution in [0.25, 0.3) is 0 Å². The molecule has 0 unspecified atom stereocenters. The van der Waals surface area contributed by atoms with Crippen molar-refractivity contribution < 1.29 is 32.2 Å². The minimum Gasteiger partial charge on any atom is -0.449 e. The number of rotatable bonds is 5. The van der Waals surface area contributed by atoms with Crippen LogP contribution in [0.2, 0.25) is 0 Å². The zero-order chi connectivity index (χ0) is 21.1. The maximum atomic E-state index is 12.3. The van der Waals surface area contributed by atoms with Gasteiger partial charge in [-0.3, -0.25) is 4.79 Å². The number of nitrogens with one attached hydrogen (secondary N) is 1. The molecule has 0 spiro atoms. The van der Waals surface area contributed by atoms with E-state index in [9.17, 15) is 22.8 Å². The monoisotopic (exact) mass is 395 g/mol. The first-order chi connectivity index (χ1) is 13.0. The Morgan fingerprint density at radius 2 is 1.54 bits per heavy atom. The number of carbonyl (C=O) groups is 2. The van der Waals surface area contributed by atoms with Crippen molar-refractivity contribution in [3.63, 3.8) is 0 Å². The van der Waals surface area contributed by atoms with Gasteiger partial charge in [0.2, 0.25) is 0 Å². The van der Waals surface area contributed by atoms with Crippen molar-refractivity contribution in [3.05, 3.63) is 58.7 Å². The number of benzene rings is 2. The van der Waals surface area contributed by atoms with Crippen molar-refractivity contribution in [2.75, 3.05) is 5.32 Å². The fraction of sp³-hybridized carbons (Fsp3) is 0.300.